The van der Waals surface area contributed by atoms with Gasteiger partial charge in [-0.3, -0.25) is 0 Å². The van der Waals surface area contributed by atoms with Gasteiger partial charge in [0.1, 0.15) is 12.1 Å². The number of benzene rings is 1. The van der Waals surface area contributed by atoms with Crippen molar-refractivity contribution in [2.75, 3.05) is 0 Å². The van der Waals surface area contributed by atoms with Gasteiger partial charge in [0.15, 0.2) is 11.5 Å². The van der Waals surface area contributed by atoms with Crippen LogP contribution in [0.3, 0.4) is 0 Å². The maximum absolute atomic E-state index is 6.32. The first-order chi connectivity index (χ1) is 9.17. The molecule has 96 valence electrons. The second-order valence-electron chi connectivity index (χ2n) is 4.54. The van der Waals surface area contributed by atoms with E-state index in [2.05, 4.69) is 32.1 Å². The average molecular weight is 254 g/mol. The van der Waals surface area contributed by atoms with Gasteiger partial charge in [0.25, 0.3) is 0 Å². The van der Waals surface area contributed by atoms with Crippen LogP contribution in [0.25, 0.3) is 0 Å². The number of rotatable bonds is 3. The summed E-state index contributed by atoms with van der Waals surface area (Å²) < 4.78 is 0. The number of hydrogen-bond donors (Lipinski definition) is 2. The molecule has 19 heavy (non-hydrogen) atoms. The highest BCUT2D eigenvalue weighted by Crippen LogP contribution is 2.21. The fourth-order valence-electron chi connectivity index (χ4n) is 2.19. The van der Waals surface area contributed by atoms with E-state index < -0.39 is 5.66 Å². The van der Waals surface area contributed by atoms with Crippen LogP contribution in [-0.2, 0) is 6.42 Å². The molecule has 2 heterocycles. The molecule has 6 heteroatoms. The quantitative estimate of drug-likeness (QED) is 0.819. The lowest BCUT2D eigenvalue weighted by atomic mass is 9.95. The highest BCUT2D eigenvalue weighted by molar-refractivity contribution is 6.51. The van der Waals surface area contributed by atoms with Crippen molar-refractivity contribution < 1.29 is 0 Å². The predicted molar refractivity (Wildman–Crippen MR) is 76.7 cm³/mol. The summed E-state index contributed by atoms with van der Waals surface area (Å²) in [4.78, 5) is 16.5. The Hall–Kier alpha value is -2.34. The fraction of sp³-hybridized carbons (Fsp3) is 0.231. The van der Waals surface area contributed by atoms with Crippen LogP contribution in [0.1, 0.15) is 12.0 Å². The van der Waals surface area contributed by atoms with Crippen molar-refractivity contribution in [1.82, 2.24) is 0 Å². The van der Waals surface area contributed by atoms with E-state index >= 15 is 0 Å². The normalized spacial score (nSPS) is 24.6. The molecule has 4 N–H and O–H groups in total. The molecule has 0 fully saturated rings. The van der Waals surface area contributed by atoms with Crippen LogP contribution < -0.4 is 11.5 Å². The van der Waals surface area contributed by atoms with Gasteiger partial charge in [0.2, 0.25) is 5.96 Å². The number of aryl methyl sites for hydroxylation is 1. The maximum Gasteiger partial charge on any atom is 0.219 e. The molecular formula is C13H14N6. The molecule has 2 aliphatic heterocycles. The number of amidine groups is 1. The lowest BCUT2D eigenvalue weighted by Gasteiger charge is -2.27. The van der Waals surface area contributed by atoms with Gasteiger partial charge in [-0.1, -0.05) is 30.3 Å². The zero-order chi connectivity index (χ0) is 13.3. The highest BCUT2D eigenvalue weighted by atomic mass is 15.2. The summed E-state index contributed by atoms with van der Waals surface area (Å²) in [5.41, 5.74) is 12.9. The van der Waals surface area contributed by atoms with Gasteiger partial charge < -0.3 is 11.5 Å². The Morgan fingerprint density at radius 3 is 2.74 bits per heavy atom. The molecule has 0 saturated heterocycles. The molecule has 0 aromatic heterocycles. The number of fused-ring (bicyclic) bond motifs is 1. The van der Waals surface area contributed by atoms with Crippen molar-refractivity contribution >= 4 is 23.8 Å². The van der Waals surface area contributed by atoms with E-state index in [0.29, 0.717) is 18.0 Å². The van der Waals surface area contributed by atoms with Crippen molar-refractivity contribution in [3.05, 3.63) is 35.9 Å². The summed E-state index contributed by atoms with van der Waals surface area (Å²) in [7, 11) is 0. The summed E-state index contributed by atoms with van der Waals surface area (Å²) in [5, 5.41) is 0. The summed E-state index contributed by atoms with van der Waals surface area (Å²) >= 11 is 0. The molecule has 3 rings (SSSR count). The van der Waals surface area contributed by atoms with E-state index in [1.165, 1.54) is 11.9 Å². The van der Waals surface area contributed by atoms with Crippen molar-refractivity contribution in [3.8, 4) is 0 Å². The minimum Gasteiger partial charge on any atom is -0.368 e. The first-order valence-electron chi connectivity index (χ1n) is 6.05. The number of aliphatic imine (C=N–C) groups is 4. The monoisotopic (exact) mass is 254 g/mol. The van der Waals surface area contributed by atoms with Crippen LogP contribution in [0.4, 0.5) is 0 Å². The molecule has 0 amide bonds. The Kier molecular flexibility index (Phi) is 2.72. The minimum atomic E-state index is -0.937. The molecule has 0 radical (unpaired) electrons. The molecule has 1 unspecified atom stereocenters. The largest absolute Gasteiger partial charge is 0.368 e. The molecule has 1 aromatic rings. The van der Waals surface area contributed by atoms with Gasteiger partial charge >= 0.3 is 0 Å². The summed E-state index contributed by atoms with van der Waals surface area (Å²) in [6.45, 7) is 0. The molecule has 0 saturated carbocycles. The zero-order valence-corrected chi connectivity index (χ0v) is 10.3. The van der Waals surface area contributed by atoms with Crippen molar-refractivity contribution in [2.45, 2.75) is 18.5 Å². The average Bonchev–Trinajstić information content (AvgIpc) is 2.87. The summed E-state index contributed by atoms with van der Waals surface area (Å²) in [5.74, 6) is 0.631. The van der Waals surface area contributed by atoms with Crippen LogP contribution in [0.2, 0.25) is 0 Å². The molecule has 0 bridgehead atoms. The SMILES string of the molecule is NC1=NC(N)(CCc2ccccc2)C2=NC=NC2=N1. The van der Waals surface area contributed by atoms with E-state index in [1.807, 2.05) is 18.2 Å². The lowest BCUT2D eigenvalue weighted by Crippen LogP contribution is -2.52. The molecule has 1 aromatic carbocycles. The number of nitrogens with zero attached hydrogens (tertiary/aromatic N) is 4. The number of guanidine groups is 1. The van der Waals surface area contributed by atoms with Crippen LogP contribution >= 0.6 is 0 Å². The zero-order valence-electron chi connectivity index (χ0n) is 10.3. The Morgan fingerprint density at radius 1 is 1.16 bits per heavy atom. The molecule has 0 aliphatic carbocycles. The van der Waals surface area contributed by atoms with E-state index in [4.69, 9.17) is 11.5 Å². The molecule has 6 nitrogen and oxygen atoms in total. The molecule has 2 aliphatic rings. The first-order valence-corrected chi connectivity index (χ1v) is 6.05. The molecule has 1 atom stereocenters. The number of hydrogen-bond acceptors (Lipinski definition) is 6. The van der Waals surface area contributed by atoms with Gasteiger partial charge in [-0.2, -0.15) is 4.99 Å². The van der Waals surface area contributed by atoms with E-state index in [9.17, 15) is 0 Å². The second-order valence-corrected chi connectivity index (χ2v) is 4.54. The third kappa shape index (κ3) is 2.17. The molecule has 0 spiro atoms. The van der Waals surface area contributed by atoms with Crippen LogP contribution in [0.5, 0.6) is 0 Å². The maximum atomic E-state index is 6.32. The van der Waals surface area contributed by atoms with Gasteiger partial charge in [-0.05, 0) is 18.4 Å². The van der Waals surface area contributed by atoms with Gasteiger partial charge in [0, 0.05) is 0 Å². The van der Waals surface area contributed by atoms with E-state index in [0.717, 1.165) is 6.42 Å². The van der Waals surface area contributed by atoms with Gasteiger partial charge in [-0.25, -0.2) is 15.0 Å². The Labute approximate surface area is 110 Å². The third-order valence-corrected chi connectivity index (χ3v) is 3.16. The fourth-order valence-corrected chi connectivity index (χ4v) is 2.19. The van der Waals surface area contributed by atoms with E-state index in [1.54, 1.807) is 0 Å². The Morgan fingerprint density at radius 2 is 1.95 bits per heavy atom. The molecular weight excluding hydrogens is 240 g/mol. The van der Waals surface area contributed by atoms with E-state index in [-0.39, 0.29) is 5.96 Å². The summed E-state index contributed by atoms with van der Waals surface area (Å²) in [6, 6.07) is 10.1. The second kappa shape index (κ2) is 4.40. The lowest BCUT2D eigenvalue weighted by molar-refractivity contribution is 0.545. The van der Waals surface area contributed by atoms with Crippen LogP contribution in [-0.4, -0.2) is 29.5 Å². The van der Waals surface area contributed by atoms with Gasteiger partial charge in [-0.15, -0.1) is 0 Å². The van der Waals surface area contributed by atoms with Crippen LogP contribution in [0.15, 0.2) is 50.3 Å². The topological polar surface area (TPSA) is 101 Å². The predicted octanol–water partition coefficient (Wildman–Crippen LogP) is 0.484. The van der Waals surface area contributed by atoms with Crippen LogP contribution in [0, 0.1) is 0 Å². The van der Waals surface area contributed by atoms with Crippen molar-refractivity contribution in [2.24, 2.45) is 31.4 Å². The highest BCUT2D eigenvalue weighted by Gasteiger charge is 2.38. The summed E-state index contributed by atoms with van der Waals surface area (Å²) in [6.07, 6.45) is 2.84. The van der Waals surface area contributed by atoms with Crippen molar-refractivity contribution in [3.63, 3.8) is 0 Å². The standard InChI is InChI=1S/C13H14N6/c14-12-18-11-10(16-8-17-11)13(15,19-12)7-6-9-4-2-1-3-5-9/h1-5,8H,6-7,15H2,(H2,14,19). The third-order valence-electron chi connectivity index (χ3n) is 3.16. The first kappa shape index (κ1) is 11.7. The number of nitrogens with two attached hydrogens (primary N) is 2. The smallest absolute Gasteiger partial charge is 0.219 e. The Bertz CT molecular complexity index is 613. The van der Waals surface area contributed by atoms with Gasteiger partial charge in [0.05, 0.1) is 0 Å². The Balaban J connectivity index is 1.82. The van der Waals surface area contributed by atoms with Crippen molar-refractivity contribution in [1.29, 1.82) is 0 Å². The minimum absolute atomic E-state index is 0.156.